The number of nitrogens with zero attached hydrogens (tertiary/aromatic N) is 6. The van der Waals surface area contributed by atoms with Crippen molar-refractivity contribution in [3.8, 4) is 11.1 Å². The number of carboxylic acid groups (broad SMARTS) is 1. The number of aryl methyl sites for hydroxylation is 2. The third-order valence-corrected chi connectivity index (χ3v) is 9.87. The van der Waals surface area contributed by atoms with Crippen molar-refractivity contribution in [3.63, 3.8) is 0 Å². The molecule has 246 valence electrons. The number of hydrogen-bond donors (Lipinski definition) is 1. The molecule has 0 aliphatic carbocycles. The molecule has 0 saturated carbocycles. The molecule has 1 aromatic carbocycles. The number of carbonyl (C=O) groups is 1. The van der Waals surface area contributed by atoms with Crippen LogP contribution in [0.1, 0.15) is 94.5 Å². The summed E-state index contributed by atoms with van der Waals surface area (Å²) in [5, 5.41) is 10.5. The molecule has 1 atom stereocenters. The Kier molecular flexibility index (Phi) is 8.74. The predicted octanol–water partition coefficient (Wildman–Crippen LogP) is 6.89. The minimum absolute atomic E-state index is 0.249. The van der Waals surface area contributed by atoms with Crippen molar-refractivity contribution in [2.45, 2.75) is 98.8 Å². The fourth-order valence-electron chi connectivity index (χ4n) is 7.29. The first-order valence-corrected chi connectivity index (χ1v) is 16.9. The van der Waals surface area contributed by atoms with Crippen LogP contribution in [0.25, 0.3) is 11.1 Å². The quantitative estimate of drug-likeness (QED) is 0.301. The van der Waals surface area contributed by atoms with Gasteiger partial charge in [-0.25, -0.2) is 14.8 Å². The Bertz CT molecular complexity index is 1600. The molecule has 0 bridgehead atoms. The van der Waals surface area contributed by atoms with Crippen LogP contribution >= 0.6 is 0 Å². The third kappa shape index (κ3) is 6.70. The van der Waals surface area contributed by atoms with E-state index in [0.29, 0.717) is 11.3 Å². The number of anilines is 3. The Morgan fingerprint density at radius 2 is 1.57 bits per heavy atom. The largest absolute Gasteiger partial charge is 0.479 e. The van der Waals surface area contributed by atoms with E-state index in [1.165, 1.54) is 24.0 Å². The van der Waals surface area contributed by atoms with Crippen molar-refractivity contribution in [1.82, 2.24) is 15.0 Å². The van der Waals surface area contributed by atoms with E-state index in [2.05, 4.69) is 69.7 Å². The lowest BCUT2D eigenvalue weighted by molar-refractivity contribution is -0.160. The number of ether oxygens (including phenoxy) is 1. The van der Waals surface area contributed by atoms with E-state index in [1.807, 2.05) is 27.7 Å². The van der Waals surface area contributed by atoms with Crippen molar-refractivity contribution < 1.29 is 14.6 Å². The second-order valence-electron chi connectivity index (χ2n) is 15.1. The van der Waals surface area contributed by atoms with Crippen LogP contribution in [0.15, 0.2) is 30.6 Å². The third-order valence-electron chi connectivity index (χ3n) is 9.87. The van der Waals surface area contributed by atoms with E-state index in [4.69, 9.17) is 9.72 Å². The summed E-state index contributed by atoms with van der Waals surface area (Å²) in [5.74, 6) is 1.01. The first kappa shape index (κ1) is 32.2. The molecule has 2 aromatic heterocycles. The highest BCUT2D eigenvalue weighted by molar-refractivity contribution is 5.88. The van der Waals surface area contributed by atoms with Gasteiger partial charge in [0.15, 0.2) is 6.10 Å². The van der Waals surface area contributed by atoms with Crippen LogP contribution < -0.4 is 14.7 Å². The zero-order valence-corrected chi connectivity index (χ0v) is 28.7. The van der Waals surface area contributed by atoms with E-state index in [9.17, 15) is 9.90 Å². The second kappa shape index (κ2) is 12.5. The maximum absolute atomic E-state index is 12.8. The van der Waals surface area contributed by atoms with Gasteiger partial charge in [-0.3, -0.25) is 4.98 Å². The molecule has 3 aliphatic heterocycles. The van der Waals surface area contributed by atoms with Crippen LogP contribution in [0, 0.1) is 19.3 Å². The Balaban J connectivity index is 1.39. The lowest BCUT2D eigenvalue weighted by Gasteiger charge is -2.41. The van der Waals surface area contributed by atoms with Gasteiger partial charge in [0, 0.05) is 67.8 Å². The van der Waals surface area contributed by atoms with Crippen molar-refractivity contribution >= 4 is 23.3 Å². The topological polar surface area (TPSA) is 94.9 Å². The monoisotopic (exact) mass is 626 g/mol. The minimum Gasteiger partial charge on any atom is -0.479 e. The van der Waals surface area contributed by atoms with Crippen LogP contribution in [0.2, 0.25) is 0 Å². The number of piperidine rings is 1. The highest BCUT2D eigenvalue weighted by Gasteiger charge is 2.36. The molecule has 5 heterocycles. The van der Waals surface area contributed by atoms with Gasteiger partial charge >= 0.3 is 5.97 Å². The molecule has 9 heteroatoms. The molecule has 0 amide bonds. The summed E-state index contributed by atoms with van der Waals surface area (Å²) >= 11 is 0. The number of fused-ring (bicyclic) bond motifs is 1. The summed E-state index contributed by atoms with van der Waals surface area (Å²) in [5.41, 5.74) is 7.56. The van der Waals surface area contributed by atoms with E-state index < -0.39 is 17.7 Å². The number of rotatable bonds is 7. The Labute approximate surface area is 274 Å². The summed E-state index contributed by atoms with van der Waals surface area (Å²) in [6, 6.07) is 8.88. The average Bonchev–Trinajstić information content (AvgIpc) is 3.54. The molecular weight excluding hydrogens is 576 g/mol. The van der Waals surface area contributed by atoms with Gasteiger partial charge in [-0.05, 0) is 88.8 Å². The summed E-state index contributed by atoms with van der Waals surface area (Å²) in [6.45, 7) is 19.8. The normalized spacial score (nSPS) is 18.9. The molecule has 9 nitrogen and oxygen atoms in total. The molecule has 6 rings (SSSR count). The van der Waals surface area contributed by atoms with E-state index in [1.54, 1.807) is 6.33 Å². The minimum atomic E-state index is -1.12. The second-order valence-corrected chi connectivity index (χ2v) is 15.1. The summed E-state index contributed by atoms with van der Waals surface area (Å²) < 4.78 is 6.27. The van der Waals surface area contributed by atoms with Crippen LogP contribution in [0.5, 0.6) is 0 Å². The van der Waals surface area contributed by atoms with Gasteiger partial charge in [0.1, 0.15) is 18.0 Å². The molecule has 3 aromatic rings. The molecule has 2 fully saturated rings. The molecule has 0 unspecified atom stereocenters. The zero-order valence-electron chi connectivity index (χ0n) is 28.7. The van der Waals surface area contributed by atoms with Gasteiger partial charge in [0.2, 0.25) is 0 Å². The first-order chi connectivity index (χ1) is 21.8. The smallest absolute Gasteiger partial charge is 0.337 e. The van der Waals surface area contributed by atoms with Crippen molar-refractivity contribution in [1.29, 1.82) is 0 Å². The number of pyridine rings is 1. The van der Waals surface area contributed by atoms with Crippen molar-refractivity contribution in [3.05, 3.63) is 58.7 Å². The Morgan fingerprint density at radius 1 is 0.891 bits per heavy atom. The number of hydrogen-bond acceptors (Lipinski definition) is 8. The van der Waals surface area contributed by atoms with Gasteiger partial charge in [-0.2, -0.15) is 0 Å². The molecule has 1 N–H and O–H groups in total. The summed E-state index contributed by atoms with van der Waals surface area (Å²) in [7, 11) is 0. The van der Waals surface area contributed by atoms with Gasteiger partial charge in [-0.15, -0.1) is 0 Å². The molecular formula is C37H50N6O3. The van der Waals surface area contributed by atoms with Gasteiger partial charge in [0.05, 0.1) is 11.3 Å². The lowest BCUT2D eigenvalue weighted by Crippen LogP contribution is -2.39. The highest BCUT2D eigenvalue weighted by Crippen LogP contribution is 2.45. The maximum Gasteiger partial charge on any atom is 0.337 e. The Morgan fingerprint density at radius 3 is 2.22 bits per heavy atom. The van der Waals surface area contributed by atoms with Gasteiger partial charge in [-0.1, -0.05) is 32.0 Å². The van der Waals surface area contributed by atoms with Crippen LogP contribution in [-0.4, -0.2) is 64.4 Å². The molecule has 3 aliphatic rings. The average molecular weight is 627 g/mol. The number of carboxylic acids is 1. The molecule has 2 saturated heterocycles. The Hall–Kier alpha value is -3.72. The molecule has 0 spiro atoms. The summed E-state index contributed by atoms with van der Waals surface area (Å²) in [6.07, 6.45) is 5.97. The van der Waals surface area contributed by atoms with E-state index in [0.717, 1.165) is 92.7 Å². The number of aliphatic carboxylic acids is 1. The molecule has 46 heavy (non-hydrogen) atoms. The number of benzene rings is 1. The SMILES string of the molecule is Cc1nc(C)c([C@H](OC(C)(C)C)C(=O)O)c(N2CCC(C)(C)CC2)c1-c1ccc2c(c1)CCN(c1cc(N3CCCC3)ncn1)C2. The highest BCUT2D eigenvalue weighted by atomic mass is 16.5. The van der Waals surface area contributed by atoms with Crippen LogP contribution in [0.4, 0.5) is 17.3 Å². The number of aromatic nitrogens is 3. The first-order valence-electron chi connectivity index (χ1n) is 16.9. The van der Waals surface area contributed by atoms with Crippen LogP contribution in [-0.2, 0) is 22.5 Å². The van der Waals surface area contributed by atoms with Crippen LogP contribution in [0.3, 0.4) is 0 Å². The van der Waals surface area contributed by atoms with E-state index >= 15 is 0 Å². The lowest BCUT2D eigenvalue weighted by atomic mass is 9.81. The summed E-state index contributed by atoms with van der Waals surface area (Å²) in [4.78, 5) is 34.1. The standard InChI is InChI=1S/C37H50N6O3/c1-24-31(33(42-18-13-37(6,7)14-19-42)32(25(2)40-24)34(35(44)45)46-36(3,4)5)27-10-11-28-22-43(17-12-26(28)20-27)30-21-29(38-23-39-30)41-15-8-9-16-41/h10-11,20-21,23,34H,8-9,12-19,22H2,1-7H3,(H,44,45)/t34-/m0/s1. The van der Waals surface area contributed by atoms with Gasteiger partial charge in [0.25, 0.3) is 0 Å². The fraction of sp³-hybridized carbons (Fsp3) is 0.568. The van der Waals surface area contributed by atoms with Crippen molar-refractivity contribution in [2.24, 2.45) is 5.41 Å². The maximum atomic E-state index is 12.8. The predicted molar refractivity (Wildman–Crippen MR) is 184 cm³/mol. The fourth-order valence-corrected chi connectivity index (χ4v) is 7.29. The van der Waals surface area contributed by atoms with E-state index in [-0.39, 0.29) is 5.41 Å². The molecule has 0 radical (unpaired) electrons. The van der Waals surface area contributed by atoms with Gasteiger partial charge < -0.3 is 24.5 Å². The zero-order chi connectivity index (χ0) is 32.8. The van der Waals surface area contributed by atoms with Crippen molar-refractivity contribution in [2.75, 3.05) is 47.4 Å².